The van der Waals surface area contributed by atoms with E-state index in [0.29, 0.717) is 16.8 Å². The third kappa shape index (κ3) is 1.61. The Morgan fingerprint density at radius 3 is 2.33 bits per heavy atom. The number of nitrogens with zero attached hydrogens (tertiary/aromatic N) is 1. The lowest BCUT2D eigenvalue weighted by molar-refractivity contribution is -0.355. The lowest BCUT2D eigenvalue weighted by Crippen LogP contribution is -2.16. The second kappa shape index (κ2) is 4.28. The van der Waals surface area contributed by atoms with E-state index in [2.05, 4.69) is 0 Å². The van der Waals surface area contributed by atoms with Crippen molar-refractivity contribution in [2.75, 3.05) is 0 Å². The highest BCUT2D eigenvalue weighted by Crippen LogP contribution is 2.34. The fourth-order valence-electron chi connectivity index (χ4n) is 2.84. The lowest BCUT2D eigenvalue weighted by Gasteiger charge is -2.02. The molecule has 0 fully saturated rings. The van der Waals surface area contributed by atoms with Crippen LogP contribution in [0.25, 0.3) is 10.8 Å². The molecule has 0 atom stereocenters. The Bertz CT molecular complexity index is 911. The Labute approximate surface area is 121 Å². The maximum absolute atomic E-state index is 12.7. The van der Waals surface area contributed by atoms with Crippen molar-refractivity contribution in [3.05, 3.63) is 83.1 Å². The topological polar surface area (TPSA) is 43.1 Å². The van der Waals surface area contributed by atoms with Gasteiger partial charge in [-0.2, -0.15) is 4.74 Å². The quantitative estimate of drug-likeness (QED) is 0.501. The minimum atomic E-state index is -0.206. The van der Waals surface area contributed by atoms with Crippen LogP contribution in [0.3, 0.4) is 0 Å². The number of benzene rings is 3. The summed E-state index contributed by atoms with van der Waals surface area (Å²) >= 11 is 0. The van der Waals surface area contributed by atoms with Crippen molar-refractivity contribution in [3.63, 3.8) is 0 Å². The van der Waals surface area contributed by atoms with Gasteiger partial charge in [0.2, 0.25) is 5.69 Å². The molecule has 0 spiro atoms. The molecule has 1 aliphatic rings. The van der Waals surface area contributed by atoms with Gasteiger partial charge in [0, 0.05) is 6.07 Å². The number of fused-ring (bicyclic) bond motifs is 3. The van der Waals surface area contributed by atoms with Gasteiger partial charge in [0.15, 0.2) is 0 Å². The third-order valence-electron chi connectivity index (χ3n) is 3.82. The number of rotatable bonds is 1. The average Bonchev–Trinajstić information content (AvgIpc) is 2.80. The minimum absolute atomic E-state index is 0.196. The second-order valence-corrected chi connectivity index (χ2v) is 5.02. The highest BCUT2D eigenvalue weighted by molar-refractivity contribution is 6.53. The molecule has 0 saturated heterocycles. The van der Waals surface area contributed by atoms with Crippen LogP contribution in [0.15, 0.2) is 66.7 Å². The van der Waals surface area contributed by atoms with Crippen LogP contribution in [-0.4, -0.2) is 16.2 Å². The van der Waals surface area contributed by atoms with Gasteiger partial charge in [0.25, 0.3) is 11.5 Å². The van der Waals surface area contributed by atoms with Crippen LogP contribution in [0.5, 0.6) is 0 Å². The van der Waals surface area contributed by atoms with Crippen LogP contribution in [-0.2, 0) is 0 Å². The van der Waals surface area contributed by atoms with Crippen LogP contribution >= 0.6 is 0 Å². The highest BCUT2D eigenvalue weighted by atomic mass is 16.5. The van der Waals surface area contributed by atoms with Gasteiger partial charge in [-0.3, -0.25) is 4.79 Å². The molecule has 0 amide bonds. The van der Waals surface area contributed by atoms with Gasteiger partial charge in [-0.1, -0.05) is 42.5 Å². The molecule has 0 bridgehead atoms. The molecule has 3 heteroatoms. The van der Waals surface area contributed by atoms with Gasteiger partial charge in [0.05, 0.1) is 5.56 Å². The Hall–Kier alpha value is -2.94. The molecule has 0 radical (unpaired) electrons. The maximum atomic E-state index is 12.7. The SMILES string of the molecule is O=C1C(c2ccccc2)=[N+]([O-])c2ccc3ccccc3c21. The molecule has 100 valence electrons. The van der Waals surface area contributed by atoms with Gasteiger partial charge >= 0.3 is 0 Å². The monoisotopic (exact) mass is 273 g/mol. The van der Waals surface area contributed by atoms with Gasteiger partial charge in [-0.15, -0.1) is 0 Å². The molecule has 0 unspecified atom stereocenters. The van der Waals surface area contributed by atoms with Crippen LogP contribution < -0.4 is 0 Å². The molecule has 0 aromatic heterocycles. The Morgan fingerprint density at radius 2 is 1.52 bits per heavy atom. The van der Waals surface area contributed by atoms with Crippen molar-refractivity contribution in [1.29, 1.82) is 0 Å². The Balaban J connectivity index is 2.01. The second-order valence-electron chi connectivity index (χ2n) is 5.02. The van der Waals surface area contributed by atoms with Crippen LogP contribution in [0.2, 0.25) is 0 Å². The molecule has 3 aromatic rings. The summed E-state index contributed by atoms with van der Waals surface area (Å²) in [5, 5.41) is 14.3. The zero-order valence-electron chi connectivity index (χ0n) is 11.1. The predicted octanol–water partition coefficient (Wildman–Crippen LogP) is 3.67. The molecule has 0 N–H and O–H groups in total. The molecule has 3 nitrogen and oxygen atoms in total. The van der Waals surface area contributed by atoms with Crippen molar-refractivity contribution in [2.45, 2.75) is 0 Å². The largest absolute Gasteiger partial charge is 0.618 e. The van der Waals surface area contributed by atoms with E-state index in [0.717, 1.165) is 15.5 Å². The van der Waals surface area contributed by atoms with Gasteiger partial charge in [-0.25, -0.2) is 0 Å². The molecule has 1 heterocycles. The smallest absolute Gasteiger partial charge is 0.272 e. The summed E-state index contributed by atoms with van der Waals surface area (Å²) in [6.45, 7) is 0. The normalized spacial score (nSPS) is 13.8. The van der Waals surface area contributed by atoms with E-state index < -0.39 is 0 Å². The summed E-state index contributed by atoms with van der Waals surface area (Å²) in [5.74, 6) is -0.206. The number of carbonyl (C=O) groups excluding carboxylic acids is 1. The van der Waals surface area contributed by atoms with E-state index in [1.165, 1.54) is 0 Å². The maximum Gasteiger partial charge on any atom is 0.272 e. The molecule has 0 aliphatic carbocycles. The number of carbonyl (C=O) groups is 1. The van der Waals surface area contributed by atoms with Crippen molar-refractivity contribution in [2.24, 2.45) is 0 Å². The standard InChI is InChI=1S/C18H11NO2/c20-18-16-14-9-5-4-6-12(14)10-11-15(16)19(21)17(18)13-7-2-1-3-8-13/h1-11H. The molecule has 0 saturated carbocycles. The number of Topliss-reactive ketones (excluding diaryl/α,β-unsaturated/α-hetero) is 1. The zero-order valence-corrected chi connectivity index (χ0v) is 11.1. The predicted molar refractivity (Wildman–Crippen MR) is 82.1 cm³/mol. The summed E-state index contributed by atoms with van der Waals surface area (Å²) in [6.07, 6.45) is 0. The molecule has 4 rings (SSSR count). The van der Waals surface area contributed by atoms with Crippen molar-refractivity contribution >= 4 is 28.0 Å². The minimum Gasteiger partial charge on any atom is -0.618 e. The van der Waals surface area contributed by atoms with Crippen molar-refractivity contribution in [3.8, 4) is 0 Å². The Morgan fingerprint density at radius 1 is 0.810 bits per heavy atom. The average molecular weight is 273 g/mol. The first kappa shape index (κ1) is 11.9. The molecular weight excluding hydrogens is 262 g/mol. The van der Waals surface area contributed by atoms with E-state index in [1.807, 2.05) is 48.5 Å². The molecule has 21 heavy (non-hydrogen) atoms. The molecule has 3 aromatic carbocycles. The Kier molecular flexibility index (Phi) is 2.42. The summed E-state index contributed by atoms with van der Waals surface area (Å²) in [7, 11) is 0. The van der Waals surface area contributed by atoms with Crippen molar-refractivity contribution in [1.82, 2.24) is 0 Å². The van der Waals surface area contributed by atoms with E-state index in [-0.39, 0.29) is 11.5 Å². The number of ketones is 1. The summed E-state index contributed by atoms with van der Waals surface area (Å²) in [6, 6.07) is 20.3. The molecular formula is C18H11NO2. The van der Waals surface area contributed by atoms with Crippen LogP contribution in [0.1, 0.15) is 15.9 Å². The van der Waals surface area contributed by atoms with Crippen molar-refractivity contribution < 1.29 is 9.53 Å². The first-order valence-corrected chi connectivity index (χ1v) is 6.73. The van der Waals surface area contributed by atoms with E-state index in [1.54, 1.807) is 18.2 Å². The first-order chi connectivity index (χ1) is 10.3. The molecule has 1 aliphatic heterocycles. The van der Waals surface area contributed by atoms with E-state index >= 15 is 0 Å². The summed E-state index contributed by atoms with van der Waals surface area (Å²) in [5.41, 5.74) is 1.78. The van der Waals surface area contributed by atoms with Crippen LogP contribution in [0.4, 0.5) is 5.69 Å². The fraction of sp³-hybridized carbons (Fsp3) is 0. The summed E-state index contributed by atoms with van der Waals surface area (Å²) in [4.78, 5) is 12.7. The number of hydrogen-bond donors (Lipinski definition) is 0. The lowest BCUT2D eigenvalue weighted by atomic mass is 9.97. The first-order valence-electron chi connectivity index (χ1n) is 6.73. The van der Waals surface area contributed by atoms with Crippen LogP contribution in [0, 0.1) is 5.21 Å². The third-order valence-corrected chi connectivity index (χ3v) is 3.82. The van der Waals surface area contributed by atoms with Gasteiger partial charge in [0.1, 0.15) is 5.56 Å². The van der Waals surface area contributed by atoms with Gasteiger partial charge < -0.3 is 5.21 Å². The van der Waals surface area contributed by atoms with Gasteiger partial charge in [-0.05, 0) is 29.0 Å². The van der Waals surface area contributed by atoms with E-state index in [9.17, 15) is 10.0 Å². The highest BCUT2D eigenvalue weighted by Gasteiger charge is 2.37. The summed E-state index contributed by atoms with van der Waals surface area (Å²) < 4.78 is 0.749. The van der Waals surface area contributed by atoms with E-state index in [4.69, 9.17) is 0 Å². The number of hydrogen-bond acceptors (Lipinski definition) is 2. The fourth-order valence-corrected chi connectivity index (χ4v) is 2.84. The zero-order chi connectivity index (χ0) is 14.4.